The fraction of sp³-hybridized carbons (Fsp3) is 0.552. The predicted molar refractivity (Wildman–Crippen MR) is 150 cm³/mol. The summed E-state index contributed by atoms with van der Waals surface area (Å²) in [4.78, 5) is 44.6. The van der Waals surface area contributed by atoms with Crippen molar-refractivity contribution in [1.82, 2.24) is 20.0 Å². The second-order valence-corrected chi connectivity index (χ2v) is 12.4. The number of nitrogens with zero attached hydrogens (tertiary/aromatic N) is 5. The number of hydrogen-bond donors (Lipinski definition) is 1. The zero-order chi connectivity index (χ0) is 30.6. The topological polar surface area (TPSA) is 121 Å². The Morgan fingerprint density at radius 1 is 1.23 bits per heavy atom. The normalized spacial score (nSPS) is 27.0. The molecule has 2 saturated heterocycles. The molecular weight excluding hydrogens is 585 g/mol. The number of benzene rings is 1. The molecule has 43 heavy (non-hydrogen) atoms. The van der Waals surface area contributed by atoms with Crippen molar-refractivity contribution in [3.8, 4) is 5.40 Å². The monoisotopic (exact) mass is 616 g/mol. The minimum absolute atomic E-state index is 0.0291. The molecule has 3 aliphatic heterocycles. The smallest absolute Gasteiger partial charge is 0.381 e. The van der Waals surface area contributed by atoms with Crippen LogP contribution in [-0.4, -0.2) is 69.6 Å². The largest absolute Gasteiger partial charge is 0.416 e. The molecule has 3 fully saturated rings. The molecule has 10 nitrogen and oxygen atoms in total. The van der Waals surface area contributed by atoms with Gasteiger partial charge in [-0.25, -0.2) is 4.68 Å². The number of likely N-dealkylation sites (N-methyl/N-ethyl adjacent to an activating group) is 1. The van der Waals surface area contributed by atoms with Gasteiger partial charge in [-0.2, -0.15) is 23.5 Å². The maximum Gasteiger partial charge on any atom is 0.416 e. The molecule has 1 saturated carbocycles. The van der Waals surface area contributed by atoms with Crippen LogP contribution in [0.1, 0.15) is 83.5 Å². The molecule has 2 aromatic rings. The van der Waals surface area contributed by atoms with Crippen molar-refractivity contribution >= 4 is 35.3 Å². The summed E-state index contributed by atoms with van der Waals surface area (Å²) in [5.41, 5.74) is -0.516. The van der Waals surface area contributed by atoms with Crippen molar-refractivity contribution in [2.24, 2.45) is 5.92 Å². The Balaban J connectivity index is 1.40. The third kappa shape index (κ3) is 5.16. The number of rotatable bonds is 6. The molecular formula is C29H31F3N6O4S. The maximum absolute atomic E-state index is 14.2. The summed E-state index contributed by atoms with van der Waals surface area (Å²) >= 11 is 1.05. The van der Waals surface area contributed by atoms with Crippen molar-refractivity contribution in [2.75, 3.05) is 24.7 Å². The van der Waals surface area contributed by atoms with Gasteiger partial charge in [0.15, 0.2) is 5.69 Å². The number of thiocyanates is 1. The number of ether oxygens (including phenoxy) is 1. The van der Waals surface area contributed by atoms with Crippen LogP contribution in [0.25, 0.3) is 0 Å². The number of amides is 3. The molecule has 0 bridgehead atoms. The van der Waals surface area contributed by atoms with Crippen LogP contribution < -0.4 is 10.2 Å². The first-order chi connectivity index (χ1) is 20.5. The van der Waals surface area contributed by atoms with Crippen LogP contribution in [0, 0.1) is 16.6 Å². The van der Waals surface area contributed by atoms with E-state index < -0.39 is 35.5 Å². The number of aromatic nitrogens is 2. The van der Waals surface area contributed by atoms with E-state index in [4.69, 9.17) is 9.84 Å². The number of nitriles is 1. The predicted octanol–water partition coefficient (Wildman–Crippen LogP) is 4.30. The van der Waals surface area contributed by atoms with E-state index in [0.717, 1.165) is 42.8 Å². The van der Waals surface area contributed by atoms with E-state index in [1.165, 1.54) is 11.0 Å². The third-order valence-corrected chi connectivity index (χ3v) is 9.74. The van der Waals surface area contributed by atoms with Gasteiger partial charge in [-0.3, -0.25) is 19.3 Å². The molecule has 0 radical (unpaired) electrons. The summed E-state index contributed by atoms with van der Waals surface area (Å²) < 4.78 is 47.3. The molecule has 228 valence electrons. The Kier molecular flexibility index (Phi) is 7.66. The lowest BCUT2D eigenvalue weighted by Crippen LogP contribution is -2.55. The maximum atomic E-state index is 14.2. The minimum Gasteiger partial charge on any atom is -0.381 e. The van der Waals surface area contributed by atoms with Gasteiger partial charge >= 0.3 is 6.18 Å². The molecule has 5 unspecified atom stereocenters. The number of carbonyl (C=O) groups is 3. The number of alkyl halides is 3. The molecule has 1 N–H and O–H groups in total. The van der Waals surface area contributed by atoms with E-state index in [-0.39, 0.29) is 41.2 Å². The van der Waals surface area contributed by atoms with Crippen LogP contribution in [0.3, 0.4) is 0 Å². The Hall–Kier alpha value is -3.57. The second-order valence-electron chi connectivity index (χ2n) is 11.4. The molecule has 1 aliphatic carbocycles. The average Bonchev–Trinajstić information content (AvgIpc) is 3.48. The van der Waals surface area contributed by atoms with E-state index in [2.05, 4.69) is 10.7 Å². The SMILES string of the molecule is CCN1C(=O)C(NC(=O)c2cccc(C(F)(F)F)c2)C(C)c2c(C(=O)N3C(SC#N)CC4CC43)nn(C3CCOCC3)c21. The molecule has 4 aliphatic rings. The zero-order valence-corrected chi connectivity index (χ0v) is 24.5. The number of hydrogen-bond acceptors (Lipinski definition) is 7. The van der Waals surface area contributed by atoms with E-state index in [9.17, 15) is 32.8 Å². The van der Waals surface area contributed by atoms with E-state index >= 15 is 0 Å². The van der Waals surface area contributed by atoms with Crippen LogP contribution in [0.2, 0.25) is 0 Å². The first-order valence-corrected chi connectivity index (χ1v) is 15.3. The highest BCUT2D eigenvalue weighted by Gasteiger charge is 2.56. The third-order valence-electron chi connectivity index (χ3n) is 8.94. The van der Waals surface area contributed by atoms with Gasteiger partial charge in [-0.1, -0.05) is 13.0 Å². The number of nitrogens with one attached hydrogen (secondary N) is 1. The van der Waals surface area contributed by atoms with Crippen LogP contribution in [0.15, 0.2) is 24.3 Å². The number of anilines is 1. The van der Waals surface area contributed by atoms with E-state index in [0.29, 0.717) is 43.4 Å². The van der Waals surface area contributed by atoms with Gasteiger partial charge in [0.25, 0.3) is 17.7 Å². The summed E-state index contributed by atoms with van der Waals surface area (Å²) in [6.07, 6.45) is -1.77. The van der Waals surface area contributed by atoms with Gasteiger partial charge in [0, 0.05) is 42.8 Å². The van der Waals surface area contributed by atoms with Crippen LogP contribution in [0.5, 0.6) is 0 Å². The summed E-state index contributed by atoms with van der Waals surface area (Å²) in [6.45, 7) is 4.73. The van der Waals surface area contributed by atoms with Crippen LogP contribution in [-0.2, 0) is 15.7 Å². The highest BCUT2D eigenvalue weighted by atomic mass is 32.2. The van der Waals surface area contributed by atoms with Gasteiger partial charge < -0.3 is 15.0 Å². The molecule has 14 heteroatoms. The Bertz CT molecular complexity index is 1500. The molecule has 5 atom stereocenters. The van der Waals surface area contributed by atoms with Gasteiger partial charge in [0.2, 0.25) is 0 Å². The van der Waals surface area contributed by atoms with Crippen molar-refractivity contribution in [3.63, 3.8) is 0 Å². The molecule has 6 rings (SSSR count). The number of fused-ring (bicyclic) bond motifs is 2. The zero-order valence-electron chi connectivity index (χ0n) is 23.6. The lowest BCUT2D eigenvalue weighted by Gasteiger charge is -2.38. The lowest BCUT2D eigenvalue weighted by molar-refractivity contribution is -0.137. The van der Waals surface area contributed by atoms with Gasteiger partial charge in [-0.15, -0.1) is 0 Å². The number of likely N-dealkylation sites (tertiary alicyclic amines) is 1. The summed E-state index contributed by atoms with van der Waals surface area (Å²) in [6, 6.07) is 2.79. The van der Waals surface area contributed by atoms with E-state index in [1.54, 1.807) is 23.4 Å². The number of thioether (sulfide) groups is 1. The highest BCUT2D eigenvalue weighted by Crippen LogP contribution is 2.52. The number of halogens is 3. The molecule has 4 heterocycles. The van der Waals surface area contributed by atoms with Crippen molar-refractivity contribution in [3.05, 3.63) is 46.6 Å². The quantitative estimate of drug-likeness (QED) is 0.481. The van der Waals surface area contributed by atoms with Crippen LogP contribution in [0.4, 0.5) is 19.0 Å². The molecule has 0 spiro atoms. The van der Waals surface area contributed by atoms with E-state index in [1.807, 2.05) is 0 Å². The summed E-state index contributed by atoms with van der Waals surface area (Å²) in [5.74, 6) is -1.46. The van der Waals surface area contributed by atoms with Gasteiger partial charge in [0.1, 0.15) is 17.3 Å². The fourth-order valence-corrected chi connectivity index (χ4v) is 7.49. The second kappa shape index (κ2) is 11.2. The Morgan fingerprint density at radius 3 is 2.65 bits per heavy atom. The van der Waals surface area contributed by atoms with Gasteiger partial charge in [-0.05, 0) is 68.5 Å². The minimum atomic E-state index is -4.63. The number of carbonyl (C=O) groups excluding carboxylic acids is 3. The van der Waals surface area contributed by atoms with Crippen molar-refractivity contribution in [2.45, 2.75) is 75.1 Å². The fourth-order valence-electron chi connectivity index (χ4n) is 6.66. The Labute approximate surface area is 250 Å². The first-order valence-electron chi connectivity index (χ1n) is 14.4. The summed E-state index contributed by atoms with van der Waals surface area (Å²) in [5, 5.41) is 18.7. The Morgan fingerprint density at radius 2 is 1.98 bits per heavy atom. The molecule has 3 amide bonds. The van der Waals surface area contributed by atoms with Crippen LogP contribution >= 0.6 is 11.8 Å². The average molecular weight is 617 g/mol. The molecule has 1 aromatic heterocycles. The first kappa shape index (κ1) is 29.5. The van der Waals surface area contributed by atoms with Gasteiger partial charge in [0.05, 0.1) is 17.0 Å². The standard InChI is InChI=1S/C29H31F3N6O4S/c1-3-36-26-22(15(2)23(27(36)40)34-25(39)16-5-4-6-18(11-16)29(30,31)32)24(35-38(26)19-7-9-42-10-8-19)28(41)37-20-12-17(20)13-21(37)43-14-33/h4-6,11,15,17,19-21,23H,3,7-10,12-13H2,1-2H3,(H,34,39). The number of piperidine rings is 1. The summed E-state index contributed by atoms with van der Waals surface area (Å²) in [7, 11) is 0. The van der Waals surface area contributed by atoms with Crippen molar-refractivity contribution in [1.29, 1.82) is 5.26 Å². The van der Waals surface area contributed by atoms with Crippen molar-refractivity contribution < 1.29 is 32.3 Å². The lowest BCUT2D eigenvalue weighted by atomic mass is 9.87. The molecule has 1 aromatic carbocycles. The highest BCUT2D eigenvalue weighted by molar-refractivity contribution is 8.04.